The summed E-state index contributed by atoms with van der Waals surface area (Å²) in [5, 5.41) is 2.69. The summed E-state index contributed by atoms with van der Waals surface area (Å²) in [7, 11) is -2.44. The molecule has 2 N–H and O–H groups in total. The van der Waals surface area contributed by atoms with Crippen LogP contribution < -0.4 is 14.8 Å². The summed E-state index contributed by atoms with van der Waals surface area (Å²) < 4.78 is 55.6. The number of piperidine rings is 1. The molecule has 1 aromatic carbocycles. The molecule has 12 heteroatoms. The van der Waals surface area contributed by atoms with E-state index in [4.69, 9.17) is 9.47 Å². The number of rotatable bonds is 3. The molecule has 2 fully saturated rings. The Balaban J connectivity index is 1.41. The van der Waals surface area contributed by atoms with Crippen molar-refractivity contribution in [1.82, 2.24) is 14.2 Å². The number of likely N-dealkylation sites (tertiary alicyclic amines) is 1. The molecule has 1 aromatic heterocycles. The van der Waals surface area contributed by atoms with Gasteiger partial charge in [0.05, 0.1) is 25.2 Å². The number of benzene rings is 1. The fraction of sp³-hybridized carbons (Fsp3) is 0.500. The van der Waals surface area contributed by atoms with Crippen LogP contribution in [0.2, 0.25) is 0 Å². The lowest BCUT2D eigenvalue weighted by atomic mass is 9.84. The summed E-state index contributed by atoms with van der Waals surface area (Å²) in [6, 6.07) is 3.76. The van der Waals surface area contributed by atoms with Crippen molar-refractivity contribution in [3.8, 4) is 5.75 Å². The van der Waals surface area contributed by atoms with E-state index in [9.17, 15) is 22.4 Å². The molecule has 2 aromatic rings. The third-order valence-electron chi connectivity index (χ3n) is 7.15. The number of hydrogen-bond donors (Lipinski definition) is 2. The number of aromatic nitrogens is 1. The van der Waals surface area contributed by atoms with Gasteiger partial charge in [-0.15, -0.1) is 0 Å². The minimum Gasteiger partial charge on any atom is -0.489 e. The second kappa shape index (κ2) is 8.86. The van der Waals surface area contributed by atoms with Gasteiger partial charge < -0.3 is 24.3 Å². The van der Waals surface area contributed by atoms with Gasteiger partial charge in [-0.3, -0.25) is 9.59 Å². The van der Waals surface area contributed by atoms with Crippen molar-refractivity contribution in [3.63, 3.8) is 0 Å². The molecule has 3 aliphatic rings. The number of hydrogen-bond acceptors (Lipinski definition) is 6. The van der Waals surface area contributed by atoms with Crippen LogP contribution in [0, 0.1) is 24.1 Å². The molecule has 2 unspecified atom stereocenters. The van der Waals surface area contributed by atoms with E-state index in [1.165, 1.54) is 29.0 Å². The Labute approximate surface area is 208 Å². The van der Waals surface area contributed by atoms with E-state index in [-0.39, 0.29) is 34.8 Å². The van der Waals surface area contributed by atoms with Crippen molar-refractivity contribution in [1.29, 1.82) is 0 Å². The summed E-state index contributed by atoms with van der Waals surface area (Å²) >= 11 is 0. The zero-order valence-electron chi connectivity index (χ0n) is 20.3. The van der Waals surface area contributed by atoms with Crippen LogP contribution in [0.1, 0.15) is 29.4 Å². The van der Waals surface area contributed by atoms with E-state index in [2.05, 4.69) is 10.0 Å². The van der Waals surface area contributed by atoms with E-state index < -0.39 is 33.2 Å². The largest absolute Gasteiger partial charge is 0.489 e. The molecular weight excluding hydrogens is 491 g/mol. The number of carbonyl (C=O) groups excluding carboxylic acids is 2. The highest BCUT2D eigenvalue weighted by atomic mass is 32.2. The lowest BCUT2D eigenvalue weighted by molar-refractivity contribution is -0.170. The first-order chi connectivity index (χ1) is 17.0. The Morgan fingerprint density at radius 1 is 1.28 bits per heavy atom. The van der Waals surface area contributed by atoms with Gasteiger partial charge >= 0.3 is 0 Å². The van der Waals surface area contributed by atoms with Gasteiger partial charge in [0.1, 0.15) is 10.7 Å². The summed E-state index contributed by atoms with van der Waals surface area (Å²) in [4.78, 5) is 27.8. The molecule has 4 heterocycles. The van der Waals surface area contributed by atoms with Gasteiger partial charge in [-0.1, -0.05) is 0 Å². The Morgan fingerprint density at radius 3 is 2.69 bits per heavy atom. The molecule has 194 valence electrons. The second-order valence-corrected chi connectivity index (χ2v) is 11.8. The van der Waals surface area contributed by atoms with Gasteiger partial charge in [0.25, 0.3) is 5.91 Å². The normalized spacial score (nSPS) is 24.3. The fourth-order valence-electron chi connectivity index (χ4n) is 4.99. The molecule has 2 amide bonds. The van der Waals surface area contributed by atoms with Crippen molar-refractivity contribution in [2.75, 3.05) is 38.2 Å². The number of sulfonamides is 1. The fourth-order valence-corrected chi connectivity index (χ4v) is 6.52. The highest BCUT2D eigenvalue weighted by Crippen LogP contribution is 2.36. The number of ether oxygens (including phenoxy) is 2. The molecule has 2 atom stereocenters. The molecule has 0 bridgehead atoms. The van der Waals surface area contributed by atoms with Crippen LogP contribution in [0.5, 0.6) is 5.75 Å². The summed E-state index contributed by atoms with van der Waals surface area (Å²) in [6.45, 7) is 5.09. The third kappa shape index (κ3) is 4.27. The first kappa shape index (κ1) is 24.7. The minimum atomic E-state index is -4.00. The van der Waals surface area contributed by atoms with Crippen molar-refractivity contribution in [2.24, 2.45) is 18.4 Å². The number of nitrogens with zero attached hydrogens (tertiary/aromatic N) is 2. The molecule has 10 nitrogen and oxygen atoms in total. The third-order valence-corrected chi connectivity index (χ3v) is 8.63. The molecule has 3 aliphatic heterocycles. The average molecular weight is 521 g/mol. The molecule has 0 radical (unpaired) electrons. The average Bonchev–Trinajstić information content (AvgIpc) is 3.14. The van der Waals surface area contributed by atoms with Crippen molar-refractivity contribution >= 4 is 27.5 Å². The Hall–Kier alpha value is -2.96. The monoisotopic (exact) mass is 520 g/mol. The first-order valence-corrected chi connectivity index (χ1v) is 13.3. The van der Waals surface area contributed by atoms with Crippen LogP contribution in [0.3, 0.4) is 0 Å². The summed E-state index contributed by atoms with van der Waals surface area (Å²) in [5.41, 5.74) is 0.211. The lowest BCUT2D eigenvalue weighted by Gasteiger charge is -2.45. The zero-order chi connectivity index (χ0) is 25.8. The number of fused-ring (bicyclic) bond motifs is 2. The van der Waals surface area contributed by atoms with E-state index in [0.29, 0.717) is 44.0 Å². The molecule has 0 aliphatic carbocycles. The van der Waals surface area contributed by atoms with Crippen LogP contribution in [0.15, 0.2) is 29.3 Å². The van der Waals surface area contributed by atoms with Gasteiger partial charge in [-0.05, 0) is 44.0 Å². The smallest absolute Gasteiger partial charge is 0.276 e. The van der Waals surface area contributed by atoms with E-state index in [1.807, 2.05) is 6.92 Å². The molecule has 2 saturated heterocycles. The standard InChI is InChI=1S/C24H29FN4O6S/c1-14-8-16(4-5-17(14)25)26-22(30)20-21-19(10-28(20)3)36(32,33)27-18-6-7-29(9-15(18)11-35-21)23(31)24(2)12-34-13-24/h4-5,8,10,15,18,27H,6-7,9,11-13H2,1-3H3,(H,26,30). The molecule has 5 rings (SSSR count). The predicted octanol–water partition coefficient (Wildman–Crippen LogP) is 1.65. The predicted molar refractivity (Wildman–Crippen MR) is 128 cm³/mol. The number of amides is 2. The van der Waals surface area contributed by atoms with Crippen LogP contribution in [0.4, 0.5) is 10.1 Å². The number of nitrogens with one attached hydrogen (secondary N) is 2. The number of carbonyl (C=O) groups is 2. The van der Waals surface area contributed by atoms with Crippen LogP contribution in [-0.4, -0.2) is 68.7 Å². The van der Waals surface area contributed by atoms with Crippen LogP contribution >= 0.6 is 0 Å². The van der Waals surface area contributed by atoms with Gasteiger partial charge in [-0.2, -0.15) is 0 Å². The minimum absolute atomic E-state index is 0.00725. The van der Waals surface area contributed by atoms with Crippen LogP contribution in [0.25, 0.3) is 0 Å². The maximum absolute atomic E-state index is 13.6. The van der Waals surface area contributed by atoms with Gasteiger partial charge in [0, 0.05) is 44.0 Å². The Kier molecular flexibility index (Phi) is 6.08. The quantitative estimate of drug-likeness (QED) is 0.635. The number of anilines is 1. The van der Waals surface area contributed by atoms with Crippen molar-refractivity contribution < 1.29 is 31.9 Å². The summed E-state index contributed by atoms with van der Waals surface area (Å²) in [6.07, 6.45) is 1.80. The molecule has 0 spiro atoms. The van der Waals surface area contributed by atoms with Crippen molar-refractivity contribution in [2.45, 2.75) is 31.2 Å². The van der Waals surface area contributed by atoms with Crippen LogP contribution in [-0.2, 0) is 26.6 Å². The van der Waals surface area contributed by atoms with E-state index in [1.54, 1.807) is 18.9 Å². The maximum Gasteiger partial charge on any atom is 0.276 e. The molecular formula is C24H29FN4O6S. The van der Waals surface area contributed by atoms with E-state index >= 15 is 0 Å². The molecule has 0 saturated carbocycles. The SMILES string of the molecule is Cc1cc(NC(=O)c2c3c(cn2C)S(=O)(=O)NC2CCN(C(=O)C4(C)COC4)CC2CO3)ccc1F. The van der Waals surface area contributed by atoms with E-state index in [0.717, 1.165) is 0 Å². The highest BCUT2D eigenvalue weighted by Gasteiger charge is 2.46. The second-order valence-electron chi connectivity index (χ2n) is 10.1. The first-order valence-electron chi connectivity index (χ1n) is 11.8. The molecule has 36 heavy (non-hydrogen) atoms. The van der Waals surface area contributed by atoms with Gasteiger partial charge in [-0.25, -0.2) is 17.5 Å². The van der Waals surface area contributed by atoms with Gasteiger partial charge in [0.15, 0.2) is 11.4 Å². The Morgan fingerprint density at radius 2 is 2.03 bits per heavy atom. The maximum atomic E-state index is 13.6. The highest BCUT2D eigenvalue weighted by molar-refractivity contribution is 7.89. The van der Waals surface area contributed by atoms with Crippen molar-refractivity contribution in [3.05, 3.63) is 41.5 Å². The topological polar surface area (TPSA) is 119 Å². The van der Waals surface area contributed by atoms with Gasteiger partial charge in [0.2, 0.25) is 15.9 Å². The summed E-state index contributed by atoms with van der Waals surface area (Å²) in [5.74, 6) is -1.35. The lowest BCUT2D eigenvalue weighted by Crippen LogP contribution is -2.60. The zero-order valence-corrected chi connectivity index (χ0v) is 21.2. The Bertz CT molecular complexity index is 1340. The number of aryl methyl sites for hydroxylation is 2. The number of halogens is 1.